The average molecular weight is 237 g/mol. The van der Waals surface area contributed by atoms with Crippen molar-refractivity contribution in [3.05, 3.63) is 40.5 Å². The lowest BCUT2D eigenvalue weighted by Gasteiger charge is -2.00. The van der Waals surface area contributed by atoms with E-state index in [9.17, 15) is 0 Å². The van der Waals surface area contributed by atoms with Crippen LogP contribution in [0.2, 0.25) is 0 Å². The standard InChI is InChI=1S/C10H9BrN2/c11-9-1-2-10-8(4-9)3-7(5-12)6-13-10/h1-4,6H,5,12H2. The van der Waals surface area contributed by atoms with Gasteiger partial charge in [0.15, 0.2) is 0 Å². The molecule has 0 bridgehead atoms. The minimum absolute atomic E-state index is 0.537. The van der Waals surface area contributed by atoms with E-state index < -0.39 is 0 Å². The van der Waals surface area contributed by atoms with Gasteiger partial charge in [-0.05, 0) is 29.8 Å². The van der Waals surface area contributed by atoms with Crippen molar-refractivity contribution in [2.75, 3.05) is 0 Å². The van der Waals surface area contributed by atoms with E-state index in [0.29, 0.717) is 6.54 Å². The second kappa shape index (κ2) is 3.44. The molecule has 1 aromatic heterocycles. The zero-order valence-electron chi connectivity index (χ0n) is 7.00. The summed E-state index contributed by atoms with van der Waals surface area (Å²) in [6.07, 6.45) is 1.82. The Morgan fingerprint density at radius 2 is 2.15 bits per heavy atom. The number of nitrogens with zero attached hydrogens (tertiary/aromatic N) is 1. The first-order chi connectivity index (χ1) is 6.29. The van der Waals surface area contributed by atoms with Crippen molar-refractivity contribution in [2.45, 2.75) is 6.54 Å². The van der Waals surface area contributed by atoms with Gasteiger partial charge in [0.1, 0.15) is 0 Å². The molecule has 0 radical (unpaired) electrons. The minimum Gasteiger partial charge on any atom is -0.326 e. The maximum atomic E-state index is 5.53. The van der Waals surface area contributed by atoms with Crippen LogP contribution in [0.3, 0.4) is 0 Å². The molecule has 0 saturated heterocycles. The molecule has 0 amide bonds. The predicted octanol–water partition coefficient (Wildman–Crippen LogP) is 2.46. The summed E-state index contributed by atoms with van der Waals surface area (Å²) in [5.74, 6) is 0. The van der Waals surface area contributed by atoms with Crippen LogP contribution >= 0.6 is 15.9 Å². The van der Waals surface area contributed by atoms with Crippen molar-refractivity contribution in [2.24, 2.45) is 5.73 Å². The lowest BCUT2D eigenvalue weighted by Crippen LogP contribution is -1.96. The molecule has 2 rings (SSSR count). The molecular formula is C10H9BrN2. The van der Waals surface area contributed by atoms with E-state index in [0.717, 1.165) is 20.9 Å². The molecule has 2 nitrogen and oxygen atoms in total. The summed E-state index contributed by atoms with van der Waals surface area (Å²) in [5.41, 5.74) is 7.59. The first-order valence-electron chi connectivity index (χ1n) is 4.04. The Morgan fingerprint density at radius 3 is 2.92 bits per heavy atom. The fraction of sp³-hybridized carbons (Fsp3) is 0.100. The molecule has 66 valence electrons. The number of aromatic nitrogens is 1. The highest BCUT2D eigenvalue weighted by molar-refractivity contribution is 9.10. The molecule has 0 spiro atoms. The predicted molar refractivity (Wildman–Crippen MR) is 57.3 cm³/mol. The highest BCUT2D eigenvalue weighted by Crippen LogP contribution is 2.18. The van der Waals surface area contributed by atoms with Crippen molar-refractivity contribution in [1.29, 1.82) is 0 Å². The Bertz CT molecular complexity index is 440. The molecule has 1 heterocycles. The third-order valence-corrected chi connectivity index (χ3v) is 2.43. The highest BCUT2D eigenvalue weighted by atomic mass is 79.9. The van der Waals surface area contributed by atoms with Gasteiger partial charge >= 0.3 is 0 Å². The molecule has 13 heavy (non-hydrogen) atoms. The molecule has 0 atom stereocenters. The summed E-state index contributed by atoms with van der Waals surface area (Å²) in [7, 11) is 0. The van der Waals surface area contributed by atoms with Gasteiger partial charge in [0.25, 0.3) is 0 Å². The van der Waals surface area contributed by atoms with Gasteiger partial charge in [0.05, 0.1) is 5.52 Å². The van der Waals surface area contributed by atoms with Crippen molar-refractivity contribution in [3.8, 4) is 0 Å². The van der Waals surface area contributed by atoms with E-state index in [1.165, 1.54) is 0 Å². The Labute approximate surface area is 84.9 Å². The van der Waals surface area contributed by atoms with Crippen LogP contribution in [0, 0.1) is 0 Å². The highest BCUT2D eigenvalue weighted by Gasteiger charge is 1.96. The topological polar surface area (TPSA) is 38.9 Å². The van der Waals surface area contributed by atoms with Gasteiger partial charge in [-0.15, -0.1) is 0 Å². The normalized spacial score (nSPS) is 10.6. The van der Waals surface area contributed by atoms with Crippen LogP contribution in [-0.4, -0.2) is 4.98 Å². The second-order valence-electron chi connectivity index (χ2n) is 2.88. The smallest absolute Gasteiger partial charge is 0.0702 e. The van der Waals surface area contributed by atoms with Crippen LogP contribution in [0.1, 0.15) is 5.56 Å². The zero-order chi connectivity index (χ0) is 9.26. The third-order valence-electron chi connectivity index (χ3n) is 1.94. The van der Waals surface area contributed by atoms with Gasteiger partial charge in [0.2, 0.25) is 0 Å². The second-order valence-corrected chi connectivity index (χ2v) is 3.80. The first kappa shape index (κ1) is 8.66. The Hall–Kier alpha value is -0.930. The Morgan fingerprint density at radius 1 is 1.31 bits per heavy atom. The van der Waals surface area contributed by atoms with Crippen LogP contribution in [-0.2, 0) is 6.54 Å². The van der Waals surface area contributed by atoms with Crippen LogP contribution in [0.4, 0.5) is 0 Å². The Kier molecular flexibility index (Phi) is 2.29. The molecule has 0 fully saturated rings. The first-order valence-corrected chi connectivity index (χ1v) is 4.83. The molecule has 0 saturated carbocycles. The molecule has 2 N–H and O–H groups in total. The van der Waals surface area contributed by atoms with Crippen LogP contribution < -0.4 is 5.73 Å². The largest absolute Gasteiger partial charge is 0.326 e. The summed E-state index contributed by atoms with van der Waals surface area (Å²) >= 11 is 3.42. The van der Waals surface area contributed by atoms with Crippen molar-refractivity contribution >= 4 is 26.8 Å². The molecule has 0 aliphatic heterocycles. The third kappa shape index (κ3) is 1.71. The van der Waals surface area contributed by atoms with Gasteiger partial charge in [0, 0.05) is 22.6 Å². The summed E-state index contributed by atoms with van der Waals surface area (Å²) in [6, 6.07) is 8.08. The average Bonchev–Trinajstić information content (AvgIpc) is 2.16. The van der Waals surface area contributed by atoms with Crippen LogP contribution in [0.5, 0.6) is 0 Å². The van der Waals surface area contributed by atoms with Crippen LogP contribution in [0.15, 0.2) is 34.9 Å². The SMILES string of the molecule is NCc1cnc2ccc(Br)cc2c1. The van der Waals surface area contributed by atoms with E-state index in [-0.39, 0.29) is 0 Å². The lowest BCUT2D eigenvalue weighted by molar-refractivity contribution is 1.06. The molecule has 2 aromatic rings. The van der Waals surface area contributed by atoms with E-state index in [4.69, 9.17) is 5.73 Å². The fourth-order valence-corrected chi connectivity index (χ4v) is 1.64. The number of rotatable bonds is 1. The minimum atomic E-state index is 0.537. The maximum absolute atomic E-state index is 5.53. The molecule has 0 unspecified atom stereocenters. The fourth-order valence-electron chi connectivity index (χ4n) is 1.26. The van der Waals surface area contributed by atoms with E-state index in [1.54, 1.807) is 0 Å². The summed E-state index contributed by atoms with van der Waals surface area (Å²) in [5, 5.41) is 1.12. The lowest BCUT2D eigenvalue weighted by atomic mass is 10.2. The maximum Gasteiger partial charge on any atom is 0.0702 e. The molecule has 0 aliphatic carbocycles. The molecule has 1 aromatic carbocycles. The molecule has 3 heteroatoms. The van der Waals surface area contributed by atoms with E-state index in [1.807, 2.05) is 24.4 Å². The number of hydrogen-bond acceptors (Lipinski definition) is 2. The van der Waals surface area contributed by atoms with E-state index in [2.05, 4.69) is 27.0 Å². The summed E-state index contributed by atoms with van der Waals surface area (Å²) < 4.78 is 1.07. The quantitative estimate of drug-likeness (QED) is 0.827. The number of pyridine rings is 1. The van der Waals surface area contributed by atoms with Gasteiger partial charge in [-0.25, -0.2) is 0 Å². The number of benzene rings is 1. The van der Waals surface area contributed by atoms with Gasteiger partial charge in [-0.2, -0.15) is 0 Å². The number of halogens is 1. The van der Waals surface area contributed by atoms with Crippen molar-refractivity contribution < 1.29 is 0 Å². The molecular weight excluding hydrogens is 228 g/mol. The summed E-state index contributed by atoms with van der Waals surface area (Å²) in [4.78, 5) is 4.29. The Balaban J connectivity index is 2.68. The summed E-state index contributed by atoms with van der Waals surface area (Å²) in [6.45, 7) is 0.537. The van der Waals surface area contributed by atoms with Gasteiger partial charge in [-0.3, -0.25) is 4.98 Å². The van der Waals surface area contributed by atoms with Gasteiger partial charge < -0.3 is 5.73 Å². The van der Waals surface area contributed by atoms with Crippen molar-refractivity contribution in [1.82, 2.24) is 4.98 Å². The molecule has 0 aliphatic rings. The zero-order valence-corrected chi connectivity index (χ0v) is 8.58. The van der Waals surface area contributed by atoms with E-state index >= 15 is 0 Å². The monoisotopic (exact) mass is 236 g/mol. The number of hydrogen-bond donors (Lipinski definition) is 1. The van der Waals surface area contributed by atoms with Crippen LogP contribution in [0.25, 0.3) is 10.9 Å². The number of fused-ring (bicyclic) bond motifs is 1. The number of nitrogens with two attached hydrogens (primary N) is 1. The van der Waals surface area contributed by atoms with Gasteiger partial charge in [-0.1, -0.05) is 15.9 Å². The van der Waals surface area contributed by atoms with Crippen molar-refractivity contribution in [3.63, 3.8) is 0 Å².